The second-order valence-corrected chi connectivity index (χ2v) is 4.68. The molecule has 3 nitrogen and oxygen atoms in total. The van der Waals surface area contributed by atoms with Gasteiger partial charge in [0.1, 0.15) is 0 Å². The van der Waals surface area contributed by atoms with E-state index in [4.69, 9.17) is 11.6 Å². The van der Waals surface area contributed by atoms with Gasteiger partial charge in [-0.1, -0.05) is 18.5 Å². The van der Waals surface area contributed by atoms with Crippen LogP contribution in [-0.2, 0) is 4.79 Å². The molecule has 0 N–H and O–H groups in total. The zero-order valence-corrected chi connectivity index (χ0v) is 10.8. The molecule has 0 spiro atoms. The maximum absolute atomic E-state index is 11.7. The molecule has 0 aromatic heterocycles. The Hall–Kier alpha value is -1.22. The average Bonchev–Trinajstić information content (AvgIpc) is 2.39. The molecule has 0 unspecified atom stereocenters. The van der Waals surface area contributed by atoms with Crippen molar-refractivity contribution < 1.29 is 4.79 Å². The summed E-state index contributed by atoms with van der Waals surface area (Å²) in [5.41, 5.74) is 1.13. The lowest BCUT2D eigenvalue weighted by Crippen LogP contribution is -2.47. The largest absolute Gasteiger partial charge is 0.354 e. The molecular weight excluding hydrogens is 236 g/mol. The van der Waals surface area contributed by atoms with E-state index in [1.54, 1.807) is 0 Å². The van der Waals surface area contributed by atoms with Crippen LogP contribution in [0.3, 0.4) is 0 Å². The maximum atomic E-state index is 11.7. The molecule has 1 saturated heterocycles. The van der Waals surface area contributed by atoms with E-state index >= 15 is 0 Å². The minimum atomic E-state index is 0.226. The predicted molar refractivity (Wildman–Crippen MR) is 70.3 cm³/mol. The minimum Gasteiger partial charge on any atom is -0.354 e. The van der Waals surface area contributed by atoms with Crippen molar-refractivity contribution in [1.29, 1.82) is 0 Å². The molecule has 1 aromatic rings. The fourth-order valence-electron chi connectivity index (χ4n) is 2.09. The third-order valence-electron chi connectivity index (χ3n) is 3.04. The Morgan fingerprint density at radius 3 is 2.65 bits per heavy atom. The number of carbonyl (C=O) groups excluding carboxylic acids is 1. The Labute approximate surface area is 107 Å². The van der Waals surface area contributed by atoms with Crippen LogP contribution in [0.5, 0.6) is 0 Å². The number of anilines is 1. The van der Waals surface area contributed by atoms with E-state index in [1.807, 2.05) is 36.1 Å². The van der Waals surface area contributed by atoms with E-state index in [0.29, 0.717) is 13.1 Å². The number of hydrogen-bond acceptors (Lipinski definition) is 2. The molecule has 1 aliphatic rings. The molecule has 1 amide bonds. The van der Waals surface area contributed by atoms with Gasteiger partial charge in [-0.3, -0.25) is 4.79 Å². The standard InChI is InChI=1S/C13H17ClN2O/c1-2-13(17)16-9-3-8-15(10-16)12-6-4-11(14)5-7-12/h4-7H,2-3,8-10H2,1H3. The van der Waals surface area contributed by atoms with Crippen molar-refractivity contribution in [3.8, 4) is 0 Å². The monoisotopic (exact) mass is 252 g/mol. The number of hydrogen-bond donors (Lipinski definition) is 0. The number of halogens is 1. The van der Waals surface area contributed by atoms with Gasteiger partial charge in [0.15, 0.2) is 0 Å². The predicted octanol–water partition coefficient (Wildman–Crippen LogP) is 2.75. The highest BCUT2D eigenvalue weighted by atomic mass is 35.5. The number of nitrogens with zero attached hydrogens (tertiary/aromatic N) is 2. The SMILES string of the molecule is CCC(=O)N1CCCN(c2ccc(Cl)cc2)C1. The summed E-state index contributed by atoms with van der Waals surface area (Å²) in [6.07, 6.45) is 1.60. The van der Waals surface area contributed by atoms with Gasteiger partial charge in [-0.05, 0) is 30.7 Å². The summed E-state index contributed by atoms with van der Waals surface area (Å²) in [6, 6.07) is 7.78. The fraction of sp³-hybridized carbons (Fsp3) is 0.462. The first-order valence-corrected chi connectivity index (χ1v) is 6.37. The summed E-state index contributed by atoms with van der Waals surface area (Å²) in [5, 5.41) is 0.743. The number of carbonyl (C=O) groups is 1. The zero-order chi connectivity index (χ0) is 12.3. The Morgan fingerprint density at radius 2 is 2.00 bits per heavy atom. The molecule has 1 aromatic carbocycles. The molecule has 1 aliphatic heterocycles. The Morgan fingerprint density at radius 1 is 1.29 bits per heavy atom. The van der Waals surface area contributed by atoms with Crippen molar-refractivity contribution >= 4 is 23.2 Å². The molecular formula is C13H17ClN2O. The van der Waals surface area contributed by atoms with Crippen LogP contribution in [0.4, 0.5) is 5.69 Å². The summed E-state index contributed by atoms with van der Waals surface area (Å²) in [6.45, 7) is 4.46. The van der Waals surface area contributed by atoms with Crippen molar-refractivity contribution in [2.45, 2.75) is 19.8 Å². The Kier molecular flexibility index (Phi) is 3.89. The average molecular weight is 253 g/mol. The first kappa shape index (κ1) is 12.2. The van der Waals surface area contributed by atoms with E-state index in [-0.39, 0.29) is 5.91 Å². The minimum absolute atomic E-state index is 0.226. The maximum Gasteiger partial charge on any atom is 0.223 e. The molecule has 0 atom stereocenters. The lowest BCUT2D eigenvalue weighted by molar-refractivity contribution is -0.131. The molecule has 0 radical (unpaired) electrons. The molecule has 0 aliphatic carbocycles. The third-order valence-corrected chi connectivity index (χ3v) is 3.30. The summed E-state index contributed by atoms with van der Waals surface area (Å²) >= 11 is 5.87. The molecule has 2 rings (SSSR count). The summed E-state index contributed by atoms with van der Waals surface area (Å²) in [5.74, 6) is 0.226. The number of rotatable bonds is 2. The van der Waals surface area contributed by atoms with Crippen LogP contribution in [0, 0.1) is 0 Å². The van der Waals surface area contributed by atoms with Crippen LogP contribution in [0.1, 0.15) is 19.8 Å². The number of benzene rings is 1. The lowest BCUT2D eigenvalue weighted by atomic mass is 10.2. The highest BCUT2D eigenvalue weighted by Crippen LogP contribution is 2.20. The van der Waals surface area contributed by atoms with Gasteiger partial charge in [-0.25, -0.2) is 0 Å². The smallest absolute Gasteiger partial charge is 0.223 e. The molecule has 0 saturated carbocycles. The van der Waals surface area contributed by atoms with Gasteiger partial charge in [-0.15, -0.1) is 0 Å². The van der Waals surface area contributed by atoms with E-state index in [2.05, 4.69) is 4.90 Å². The van der Waals surface area contributed by atoms with E-state index in [9.17, 15) is 4.79 Å². The van der Waals surface area contributed by atoms with Crippen molar-refractivity contribution in [1.82, 2.24) is 4.90 Å². The van der Waals surface area contributed by atoms with Crippen molar-refractivity contribution in [2.24, 2.45) is 0 Å². The fourth-order valence-corrected chi connectivity index (χ4v) is 2.22. The molecule has 92 valence electrons. The first-order chi connectivity index (χ1) is 8.20. The molecule has 1 heterocycles. The van der Waals surface area contributed by atoms with Gasteiger partial charge in [-0.2, -0.15) is 0 Å². The van der Waals surface area contributed by atoms with Gasteiger partial charge in [0.05, 0.1) is 6.67 Å². The topological polar surface area (TPSA) is 23.6 Å². The van der Waals surface area contributed by atoms with Crippen molar-refractivity contribution in [3.63, 3.8) is 0 Å². The highest BCUT2D eigenvalue weighted by Gasteiger charge is 2.20. The van der Waals surface area contributed by atoms with Crippen LogP contribution < -0.4 is 4.90 Å². The Bertz CT molecular complexity index is 391. The first-order valence-electron chi connectivity index (χ1n) is 5.99. The van der Waals surface area contributed by atoms with Gasteiger partial charge in [0.2, 0.25) is 5.91 Å². The molecule has 1 fully saturated rings. The van der Waals surface area contributed by atoms with Crippen LogP contribution in [0.2, 0.25) is 5.02 Å². The van der Waals surface area contributed by atoms with Crippen LogP contribution in [0.15, 0.2) is 24.3 Å². The second kappa shape index (κ2) is 5.41. The second-order valence-electron chi connectivity index (χ2n) is 4.25. The van der Waals surface area contributed by atoms with Gasteiger partial charge >= 0.3 is 0 Å². The Balaban J connectivity index is 2.06. The van der Waals surface area contributed by atoms with Crippen LogP contribution >= 0.6 is 11.6 Å². The lowest BCUT2D eigenvalue weighted by Gasteiger charge is -2.37. The van der Waals surface area contributed by atoms with Crippen LogP contribution in [0.25, 0.3) is 0 Å². The molecule has 0 bridgehead atoms. The van der Waals surface area contributed by atoms with E-state index in [0.717, 1.165) is 30.2 Å². The molecule has 17 heavy (non-hydrogen) atoms. The normalized spacial score (nSPS) is 16.1. The van der Waals surface area contributed by atoms with Gasteiger partial charge in [0, 0.05) is 30.2 Å². The van der Waals surface area contributed by atoms with E-state index < -0.39 is 0 Å². The summed E-state index contributed by atoms with van der Waals surface area (Å²) in [4.78, 5) is 15.8. The summed E-state index contributed by atoms with van der Waals surface area (Å²) in [7, 11) is 0. The van der Waals surface area contributed by atoms with Crippen molar-refractivity contribution in [2.75, 3.05) is 24.7 Å². The quantitative estimate of drug-likeness (QED) is 0.808. The zero-order valence-electron chi connectivity index (χ0n) is 10.0. The third kappa shape index (κ3) is 2.91. The molecule has 4 heteroatoms. The highest BCUT2D eigenvalue weighted by molar-refractivity contribution is 6.30. The summed E-state index contributed by atoms with van der Waals surface area (Å²) < 4.78 is 0. The van der Waals surface area contributed by atoms with E-state index in [1.165, 1.54) is 0 Å². The van der Waals surface area contributed by atoms with Crippen molar-refractivity contribution in [3.05, 3.63) is 29.3 Å². The van der Waals surface area contributed by atoms with Gasteiger partial charge in [0.25, 0.3) is 0 Å². The van der Waals surface area contributed by atoms with Gasteiger partial charge < -0.3 is 9.80 Å². The number of amides is 1. The van der Waals surface area contributed by atoms with Crippen LogP contribution in [-0.4, -0.2) is 30.6 Å².